The van der Waals surface area contributed by atoms with Crippen LogP contribution in [-0.4, -0.2) is 11.6 Å². The third-order valence-electron chi connectivity index (χ3n) is 1.20. The largest absolute Gasteiger partial charge is 0.477 e. The predicted octanol–water partition coefficient (Wildman–Crippen LogP) is 2.25. The van der Waals surface area contributed by atoms with Crippen molar-refractivity contribution in [3.63, 3.8) is 0 Å². The van der Waals surface area contributed by atoms with Gasteiger partial charge in [-0.25, -0.2) is 4.98 Å². The highest BCUT2D eigenvalue weighted by Crippen LogP contribution is 2.11. The number of halogens is 1. The monoisotopic (exact) mass is 225 g/mol. The molecule has 0 saturated heterocycles. The lowest BCUT2D eigenvalue weighted by molar-refractivity contribution is 0.314. The first-order valence-electron chi connectivity index (χ1n) is 3.51. The highest BCUT2D eigenvalue weighted by Gasteiger charge is 1.92. The summed E-state index contributed by atoms with van der Waals surface area (Å²) < 4.78 is 6.16. The van der Waals surface area contributed by atoms with E-state index in [0.29, 0.717) is 18.9 Å². The lowest BCUT2D eigenvalue weighted by Gasteiger charge is -2.01. The maximum atomic E-state index is 5.23. The van der Waals surface area contributed by atoms with Gasteiger partial charge in [-0.1, -0.05) is 0 Å². The SMILES string of the molecule is C#CCCOc1ccc(Br)cn1. The van der Waals surface area contributed by atoms with Crippen molar-refractivity contribution in [1.82, 2.24) is 4.98 Å². The van der Waals surface area contributed by atoms with Gasteiger partial charge in [-0.15, -0.1) is 12.3 Å². The molecule has 1 heterocycles. The van der Waals surface area contributed by atoms with E-state index in [-0.39, 0.29) is 0 Å². The van der Waals surface area contributed by atoms with Gasteiger partial charge in [0.25, 0.3) is 0 Å². The average Bonchev–Trinajstić information content (AvgIpc) is 2.09. The van der Waals surface area contributed by atoms with Gasteiger partial charge in [0.1, 0.15) is 6.61 Å². The fourth-order valence-electron chi connectivity index (χ4n) is 0.662. The molecule has 1 rings (SSSR count). The Kier molecular flexibility index (Phi) is 3.62. The Morgan fingerprint density at radius 1 is 1.58 bits per heavy atom. The van der Waals surface area contributed by atoms with Crippen LogP contribution >= 0.6 is 15.9 Å². The van der Waals surface area contributed by atoms with Crippen molar-refractivity contribution in [2.45, 2.75) is 6.42 Å². The molecule has 0 saturated carbocycles. The molecular weight excluding hydrogens is 218 g/mol. The molecule has 1 aromatic heterocycles. The van der Waals surface area contributed by atoms with Crippen LogP contribution in [0.15, 0.2) is 22.8 Å². The third-order valence-corrected chi connectivity index (χ3v) is 1.67. The number of hydrogen-bond donors (Lipinski definition) is 0. The van der Waals surface area contributed by atoms with Crippen molar-refractivity contribution >= 4 is 15.9 Å². The second kappa shape index (κ2) is 4.78. The molecule has 0 unspecified atom stereocenters. The molecule has 0 spiro atoms. The molecule has 3 heteroatoms. The molecule has 0 radical (unpaired) electrons. The molecule has 0 aliphatic heterocycles. The number of aromatic nitrogens is 1. The van der Waals surface area contributed by atoms with Gasteiger partial charge in [-0.3, -0.25) is 0 Å². The van der Waals surface area contributed by atoms with E-state index in [1.165, 1.54) is 0 Å². The summed E-state index contributed by atoms with van der Waals surface area (Å²) in [5, 5.41) is 0. The van der Waals surface area contributed by atoms with Crippen LogP contribution in [0.2, 0.25) is 0 Å². The number of pyridine rings is 1. The minimum absolute atomic E-state index is 0.519. The molecule has 2 nitrogen and oxygen atoms in total. The van der Waals surface area contributed by atoms with Crippen LogP contribution < -0.4 is 4.74 Å². The van der Waals surface area contributed by atoms with Crippen molar-refractivity contribution in [3.8, 4) is 18.2 Å². The third kappa shape index (κ3) is 2.93. The standard InChI is InChI=1S/C9H8BrNO/c1-2-3-6-12-9-5-4-8(10)7-11-9/h1,4-5,7H,3,6H2. The summed E-state index contributed by atoms with van der Waals surface area (Å²) >= 11 is 3.28. The van der Waals surface area contributed by atoms with Crippen LogP contribution in [0.25, 0.3) is 0 Å². The van der Waals surface area contributed by atoms with Crippen LogP contribution in [0, 0.1) is 12.3 Å². The van der Waals surface area contributed by atoms with E-state index >= 15 is 0 Å². The van der Waals surface area contributed by atoms with Crippen LogP contribution in [-0.2, 0) is 0 Å². The minimum atomic E-state index is 0.519. The number of terminal acetylenes is 1. The maximum Gasteiger partial charge on any atom is 0.213 e. The Hall–Kier alpha value is -1.01. The molecule has 0 aromatic carbocycles. The Morgan fingerprint density at radius 2 is 2.42 bits per heavy atom. The number of nitrogens with zero attached hydrogens (tertiary/aromatic N) is 1. The summed E-state index contributed by atoms with van der Waals surface area (Å²) in [6.45, 7) is 0.519. The second-order valence-electron chi connectivity index (χ2n) is 2.12. The first-order chi connectivity index (χ1) is 5.83. The molecule has 0 aliphatic carbocycles. The van der Waals surface area contributed by atoms with Crippen molar-refractivity contribution < 1.29 is 4.74 Å². The zero-order valence-electron chi connectivity index (χ0n) is 6.46. The summed E-state index contributed by atoms with van der Waals surface area (Å²) in [5.41, 5.74) is 0. The molecule has 0 atom stereocenters. The molecule has 0 fully saturated rings. The first-order valence-corrected chi connectivity index (χ1v) is 4.30. The first kappa shape index (κ1) is 9.08. The van der Waals surface area contributed by atoms with E-state index < -0.39 is 0 Å². The lowest BCUT2D eigenvalue weighted by atomic mass is 10.5. The summed E-state index contributed by atoms with van der Waals surface area (Å²) in [6.07, 6.45) is 7.35. The Balaban J connectivity index is 2.43. The van der Waals surface area contributed by atoms with Gasteiger partial charge in [-0.05, 0) is 22.0 Å². The molecule has 12 heavy (non-hydrogen) atoms. The minimum Gasteiger partial charge on any atom is -0.477 e. The topological polar surface area (TPSA) is 22.1 Å². The normalized spacial score (nSPS) is 9.00. The van der Waals surface area contributed by atoms with E-state index in [0.717, 1.165) is 4.47 Å². The smallest absolute Gasteiger partial charge is 0.213 e. The fraction of sp³-hybridized carbons (Fsp3) is 0.222. The van der Waals surface area contributed by atoms with Crippen LogP contribution in [0.5, 0.6) is 5.88 Å². The maximum absolute atomic E-state index is 5.23. The molecule has 62 valence electrons. The van der Waals surface area contributed by atoms with E-state index in [1.807, 2.05) is 6.07 Å². The average molecular weight is 226 g/mol. The van der Waals surface area contributed by atoms with Gasteiger partial charge in [-0.2, -0.15) is 0 Å². The van der Waals surface area contributed by atoms with Gasteiger partial charge in [0.2, 0.25) is 5.88 Å². The number of hydrogen-bond acceptors (Lipinski definition) is 2. The van der Waals surface area contributed by atoms with Crippen molar-refractivity contribution in [2.24, 2.45) is 0 Å². The molecule has 0 bridgehead atoms. The van der Waals surface area contributed by atoms with Gasteiger partial charge in [0, 0.05) is 23.2 Å². The second-order valence-corrected chi connectivity index (χ2v) is 3.03. The molecule has 0 amide bonds. The van der Waals surface area contributed by atoms with Gasteiger partial charge in [0.05, 0.1) is 0 Å². The Labute approximate surface area is 80.1 Å². The van der Waals surface area contributed by atoms with E-state index in [9.17, 15) is 0 Å². The number of ether oxygens (including phenoxy) is 1. The highest BCUT2D eigenvalue weighted by molar-refractivity contribution is 9.10. The Bertz CT molecular complexity index is 276. The summed E-state index contributed by atoms with van der Waals surface area (Å²) in [7, 11) is 0. The molecule has 1 aromatic rings. The quantitative estimate of drug-likeness (QED) is 0.582. The Morgan fingerprint density at radius 3 is 3.00 bits per heavy atom. The molecule has 0 N–H and O–H groups in total. The highest BCUT2D eigenvalue weighted by atomic mass is 79.9. The van der Waals surface area contributed by atoms with Crippen LogP contribution in [0.3, 0.4) is 0 Å². The lowest BCUT2D eigenvalue weighted by Crippen LogP contribution is -1.96. The van der Waals surface area contributed by atoms with Crippen molar-refractivity contribution in [1.29, 1.82) is 0 Å². The van der Waals surface area contributed by atoms with Crippen LogP contribution in [0.4, 0.5) is 0 Å². The van der Waals surface area contributed by atoms with Gasteiger partial charge >= 0.3 is 0 Å². The van der Waals surface area contributed by atoms with Crippen molar-refractivity contribution in [2.75, 3.05) is 6.61 Å². The van der Waals surface area contributed by atoms with Crippen LogP contribution in [0.1, 0.15) is 6.42 Å². The van der Waals surface area contributed by atoms with Gasteiger partial charge in [0.15, 0.2) is 0 Å². The van der Waals surface area contributed by atoms with Gasteiger partial charge < -0.3 is 4.74 Å². The summed E-state index contributed by atoms with van der Waals surface area (Å²) in [5.74, 6) is 3.09. The fourth-order valence-corrected chi connectivity index (χ4v) is 0.897. The molecular formula is C9H8BrNO. The van der Waals surface area contributed by atoms with E-state index in [1.54, 1.807) is 12.3 Å². The summed E-state index contributed by atoms with van der Waals surface area (Å²) in [6, 6.07) is 3.67. The zero-order valence-corrected chi connectivity index (χ0v) is 8.04. The van der Waals surface area contributed by atoms with E-state index in [4.69, 9.17) is 11.2 Å². The molecule has 0 aliphatic rings. The zero-order chi connectivity index (χ0) is 8.81. The predicted molar refractivity (Wildman–Crippen MR) is 50.9 cm³/mol. The van der Waals surface area contributed by atoms with Crippen molar-refractivity contribution in [3.05, 3.63) is 22.8 Å². The summed E-state index contributed by atoms with van der Waals surface area (Å²) in [4.78, 5) is 4.01. The van der Waals surface area contributed by atoms with E-state index in [2.05, 4.69) is 26.8 Å². The number of rotatable bonds is 3.